The number of aromatic nitrogens is 1. The number of nitrogens with one attached hydrogen (secondary N) is 1. The molecule has 0 unspecified atom stereocenters. The second-order valence-electron chi connectivity index (χ2n) is 4.64. The zero-order valence-corrected chi connectivity index (χ0v) is 12.0. The Bertz CT molecular complexity index is 754. The maximum absolute atomic E-state index is 13.3. The van der Waals surface area contributed by atoms with Crippen molar-refractivity contribution in [3.8, 4) is 0 Å². The van der Waals surface area contributed by atoms with Gasteiger partial charge in [0.25, 0.3) is 10.0 Å². The lowest BCUT2D eigenvalue weighted by atomic mass is 10.3. The Morgan fingerprint density at radius 1 is 1.40 bits per heavy atom. The molecule has 0 aliphatic heterocycles. The summed E-state index contributed by atoms with van der Waals surface area (Å²) in [5.74, 6) is -0.302. The van der Waals surface area contributed by atoms with Gasteiger partial charge in [-0.1, -0.05) is 0 Å². The average molecular weight is 313 g/mol. The molecule has 106 valence electrons. The van der Waals surface area contributed by atoms with Crippen LogP contribution in [0, 0.1) is 5.82 Å². The van der Waals surface area contributed by atoms with Crippen LogP contribution in [-0.2, 0) is 10.0 Å². The van der Waals surface area contributed by atoms with Crippen molar-refractivity contribution in [1.82, 2.24) is 4.98 Å². The SMILES string of the molecule is Nc1ccc(S(=O)(=O)Nc2nc(C3CC3)cs2)cc1F. The summed E-state index contributed by atoms with van der Waals surface area (Å²) < 4.78 is 39.9. The van der Waals surface area contributed by atoms with Crippen molar-refractivity contribution in [2.45, 2.75) is 23.7 Å². The molecule has 2 aromatic rings. The number of halogens is 1. The van der Waals surface area contributed by atoms with Crippen molar-refractivity contribution in [2.24, 2.45) is 0 Å². The molecular formula is C12H12FN3O2S2. The molecule has 20 heavy (non-hydrogen) atoms. The first-order valence-electron chi connectivity index (χ1n) is 5.99. The Hall–Kier alpha value is -1.67. The fourth-order valence-electron chi connectivity index (χ4n) is 1.75. The van der Waals surface area contributed by atoms with Crippen LogP contribution in [0.15, 0.2) is 28.5 Å². The highest BCUT2D eigenvalue weighted by molar-refractivity contribution is 7.93. The maximum atomic E-state index is 13.3. The van der Waals surface area contributed by atoms with Gasteiger partial charge in [0.05, 0.1) is 16.3 Å². The summed E-state index contributed by atoms with van der Waals surface area (Å²) in [4.78, 5) is 4.06. The summed E-state index contributed by atoms with van der Waals surface area (Å²) in [6, 6.07) is 3.38. The number of nitrogens with zero attached hydrogens (tertiary/aromatic N) is 1. The highest BCUT2D eigenvalue weighted by atomic mass is 32.2. The monoisotopic (exact) mass is 313 g/mol. The highest BCUT2D eigenvalue weighted by Crippen LogP contribution is 2.41. The lowest BCUT2D eigenvalue weighted by Crippen LogP contribution is -2.13. The zero-order chi connectivity index (χ0) is 14.3. The van der Waals surface area contributed by atoms with Crippen LogP contribution in [0.25, 0.3) is 0 Å². The van der Waals surface area contributed by atoms with Gasteiger partial charge in [-0.05, 0) is 31.0 Å². The van der Waals surface area contributed by atoms with Crippen molar-refractivity contribution < 1.29 is 12.8 Å². The zero-order valence-electron chi connectivity index (χ0n) is 10.3. The smallest absolute Gasteiger partial charge is 0.263 e. The van der Waals surface area contributed by atoms with Gasteiger partial charge in [-0.15, -0.1) is 11.3 Å². The van der Waals surface area contributed by atoms with Gasteiger partial charge >= 0.3 is 0 Å². The summed E-state index contributed by atoms with van der Waals surface area (Å²) in [6.45, 7) is 0. The third kappa shape index (κ3) is 2.61. The fraction of sp³-hybridized carbons (Fsp3) is 0.250. The van der Waals surface area contributed by atoms with Crippen LogP contribution in [0.2, 0.25) is 0 Å². The Labute approximate surface area is 119 Å². The van der Waals surface area contributed by atoms with E-state index in [2.05, 4.69) is 9.71 Å². The van der Waals surface area contributed by atoms with Gasteiger partial charge in [0.2, 0.25) is 0 Å². The molecule has 1 fully saturated rings. The molecule has 1 heterocycles. The van der Waals surface area contributed by atoms with Crippen molar-refractivity contribution in [3.05, 3.63) is 35.1 Å². The number of rotatable bonds is 4. The molecule has 0 spiro atoms. The van der Waals surface area contributed by atoms with E-state index >= 15 is 0 Å². The predicted molar refractivity (Wildman–Crippen MR) is 75.7 cm³/mol. The summed E-state index contributed by atoms with van der Waals surface area (Å²) >= 11 is 1.23. The van der Waals surface area contributed by atoms with Crippen LogP contribution < -0.4 is 10.5 Å². The first kappa shape index (κ1) is 13.3. The number of sulfonamides is 1. The lowest BCUT2D eigenvalue weighted by Gasteiger charge is -2.06. The molecule has 0 atom stereocenters. The largest absolute Gasteiger partial charge is 0.396 e. The predicted octanol–water partition coefficient (Wildman–Crippen LogP) is 2.54. The lowest BCUT2D eigenvalue weighted by molar-refractivity contribution is 0.596. The van der Waals surface area contributed by atoms with Crippen molar-refractivity contribution in [1.29, 1.82) is 0 Å². The van der Waals surface area contributed by atoms with E-state index in [9.17, 15) is 12.8 Å². The minimum absolute atomic E-state index is 0.0887. The van der Waals surface area contributed by atoms with E-state index < -0.39 is 15.8 Å². The standard InChI is InChI=1S/C12H12FN3O2S2/c13-9-5-8(3-4-10(9)14)20(17,18)16-12-15-11(6-19-12)7-1-2-7/h3-7H,1-2,14H2,(H,15,16). The third-order valence-electron chi connectivity index (χ3n) is 3.02. The summed E-state index contributed by atoms with van der Waals surface area (Å²) in [7, 11) is -3.84. The van der Waals surface area contributed by atoms with E-state index in [1.54, 1.807) is 0 Å². The molecule has 3 N–H and O–H groups in total. The minimum atomic E-state index is -3.84. The molecule has 1 aromatic carbocycles. The highest BCUT2D eigenvalue weighted by Gasteiger charge is 2.27. The summed E-state index contributed by atoms with van der Waals surface area (Å²) in [6.07, 6.45) is 2.19. The van der Waals surface area contributed by atoms with Gasteiger partial charge in [0, 0.05) is 11.3 Å². The van der Waals surface area contributed by atoms with Crippen LogP contribution in [0.4, 0.5) is 15.2 Å². The van der Waals surface area contributed by atoms with Crippen LogP contribution in [0.5, 0.6) is 0 Å². The van der Waals surface area contributed by atoms with Crippen LogP contribution >= 0.6 is 11.3 Å². The molecule has 1 saturated carbocycles. The number of hydrogen-bond donors (Lipinski definition) is 2. The Kier molecular flexibility index (Phi) is 3.14. The molecule has 0 bridgehead atoms. The first-order chi connectivity index (χ1) is 9.45. The quantitative estimate of drug-likeness (QED) is 0.849. The molecule has 1 aliphatic rings. The normalized spacial score (nSPS) is 15.2. The molecular weight excluding hydrogens is 301 g/mol. The van der Waals surface area contributed by atoms with Gasteiger partial charge < -0.3 is 5.73 Å². The van der Waals surface area contributed by atoms with Gasteiger partial charge in [0.1, 0.15) is 5.82 Å². The van der Waals surface area contributed by atoms with E-state index in [0.717, 1.165) is 24.6 Å². The van der Waals surface area contributed by atoms with Crippen LogP contribution in [-0.4, -0.2) is 13.4 Å². The van der Waals surface area contributed by atoms with Crippen molar-refractivity contribution in [3.63, 3.8) is 0 Å². The molecule has 5 nitrogen and oxygen atoms in total. The topological polar surface area (TPSA) is 85.1 Å². The fourth-order valence-corrected chi connectivity index (χ4v) is 3.80. The number of nitrogen functional groups attached to an aromatic ring is 1. The van der Waals surface area contributed by atoms with Gasteiger partial charge in [0.15, 0.2) is 5.13 Å². The van der Waals surface area contributed by atoms with Crippen molar-refractivity contribution >= 4 is 32.2 Å². The minimum Gasteiger partial charge on any atom is -0.396 e. The number of anilines is 2. The maximum Gasteiger partial charge on any atom is 0.263 e. The third-order valence-corrected chi connectivity index (χ3v) is 5.26. The number of nitrogens with two attached hydrogens (primary N) is 1. The average Bonchev–Trinajstić information content (AvgIpc) is 3.14. The molecule has 3 rings (SSSR count). The van der Waals surface area contributed by atoms with Gasteiger partial charge in [-0.3, -0.25) is 4.72 Å². The Morgan fingerprint density at radius 2 is 2.15 bits per heavy atom. The summed E-state index contributed by atoms with van der Waals surface area (Å²) in [5, 5.41) is 2.14. The second kappa shape index (κ2) is 4.71. The number of benzene rings is 1. The van der Waals surface area contributed by atoms with E-state index in [0.29, 0.717) is 11.0 Å². The first-order valence-corrected chi connectivity index (χ1v) is 8.35. The van der Waals surface area contributed by atoms with E-state index in [4.69, 9.17) is 5.73 Å². The van der Waals surface area contributed by atoms with Gasteiger partial charge in [-0.2, -0.15) is 0 Å². The molecule has 8 heteroatoms. The summed E-state index contributed by atoms with van der Waals surface area (Å²) in [5.41, 5.74) is 6.15. The van der Waals surface area contributed by atoms with E-state index in [-0.39, 0.29) is 10.6 Å². The molecule has 1 aromatic heterocycles. The second-order valence-corrected chi connectivity index (χ2v) is 7.18. The van der Waals surface area contributed by atoms with Gasteiger partial charge in [-0.25, -0.2) is 17.8 Å². The Balaban J connectivity index is 1.84. The Morgan fingerprint density at radius 3 is 2.80 bits per heavy atom. The van der Waals surface area contributed by atoms with Crippen LogP contribution in [0.1, 0.15) is 24.5 Å². The molecule has 0 amide bonds. The van der Waals surface area contributed by atoms with Crippen molar-refractivity contribution in [2.75, 3.05) is 10.5 Å². The number of thiazole rings is 1. The van der Waals surface area contributed by atoms with E-state index in [1.807, 2.05) is 5.38 Å². The molecule has 0 saturated heterocycles. The number of hydrogen-bond acceptors (Lipinski definition) is 5. The molecule has 1 aliphatic carbocycles. The molecule has 0 radical (unpaired) electrons. The van der Waals surface area contributed by atoms with E-state index in [1.165, 1.54) is 23.5 Å². The van der Waals surface area contributed by atoms with Crippen LogP contribution in [0.3, 0.4) is 0 Å².